The summed E-state index contributed by atoms with van der Waals surface area (Å²) in [6.45, 7) is 8.37. The van der Waals surface area contributed by atoms with Crippen molar-refractivity contribution in [3.8, 4) is 5.75 Å². The van der Waals surface area contributed by atoms with Gasteiger partial charge < -0.3 is 25.4 Å². The highest BCUT2D eigenvalue weighted by Gasteiger charge is 2.23. The Balaban J connectivity index is 0.00000363. The predicted octanol–water partition coefficient (Wildman–Crippen LogP) is 2.85. The highest BCUT2D eigenvalue weighted by atomic mass is 127. The number of piperidine rings is 1. The molecular weight excluding hydrogens is 521 g/mol. The van der Waals surface area contributed by atoms with Crippen LogP contribution in [0, 0.1) is 0 Å². The van der Waals surface area contributed by atoms with E-state index in [9.17, 15) is 4.79 Å². The summed E-state index contributed by atoms with van der Waals surface area (Å²) in [7, 11) is 0. The number of guanidine groups is 1. The number of ether oxygens (including phenoxy) is 2. The van der Waals surface area contributed by atoms with Gasteiger partial charge in [0.2, 0.25) is 0 Å². The van der Waals surface area contributed by atoms with Crippen LogP contribution in [0.2, 0.25) is 0 Å². The predicted molar refractivity (Wildman–Crippen MR) is 138 cm³/mol. The smallest absolute Gasteiger partial charge is 0.409 e. The Morgan fingerprint density at radius 2 is 1.84 bits per heavy atom. The Bertz CT molecular complexity index is 702. The van der Waals surface area contributed by atoms with Crippen molar-refractivity contribution in [3.63, 3.8) is 0 Å². The highest BCUT2D eigenvalue weighted by molar-refractivity contribution is 14.0. The van der Waals surface area contributed by atoms with Gasteiger partial charge in [0.15, 0.2) is 5.96 Å². The third-order valence-electron chi connectivity index (χ3n) is 5.85. The lowest BCUT2D eigenvalue weighted by Crippen LogP contribution is -2.48. The topological polar surface area (TPSA) is 92.4 Å². The second-order valence-electron chi connectivity index (χ2n) is 8.16. The van der Waals surface area contributed by atoms with Crippen molar-refractivity contribution < 1.29 is 14.3 Å². The van der Waals surface area contributed by atoms with Gasteiger partial charge in [-0.3, -0.25) is 9.89 Å². The van der Waals surface area contributed by atoms with Crippen LogP contribution in [-0.4, -0.2) is 80.4 Å². The molecule has 1 amide bonds. The van der Waals surface area contributed by atoms with E-state index in [1.807, 2.05) is 19.1 Å². The van der Waals surface area contributed by atoms with Gasteiger partial charge in [0.05, 0.1) is 6.61 Å². The average molecular weight is 559 g/mol. The van der Waals surface area contributed by atoms with E-state index in [4.69, 9.17) is 15.2 Å². The number of aliphatic imine (C=N–C) groups is 1. The first-order valence-corrected chi connectivity index (χ1v) is 11.6. The first kappa shape index (κ1) is 26.5. The van der Waals surface area contributed by atoms with Crippen molar-refractivity contribution in [2.75, 3.05) is 52.5 Å². The van der Waals surface area contributed by atoms with Gasteiger partial charge in [-0.15, -0.1) is 24.0 Å². The molecule has 0 aliphatic carbocycles. The zero-order chi connectivity index (χ0) is 21.9. The number of nitrogens with two attached hydrogens (primary N) is 1. The zero-order valence-electron chi connectivity index (χ0n) is 19.1. The molecule has 1 aromatic carbocycles. The molecule has 0 atom stereocenters. The molecule has 32 heavy (non-hydrogen) atoms. The van der Waals surface area contributed by atoms with Crippen LogP contribution in [0.25, 0.3) is 0 Å². The number of carbonyl (C=O) groups is 1. The summed E-state index contributed by atoms with van der Waals surface area (Å²) in [5.41, 5.74) is 7.27. The average Bonchev–Trinajstić information content (AvgIpc) is 3.29. The summed E-state index contributed by atoms with van der Waals surface area (Å²) < 4.78 is 10.9. The standard InChI is InChI=1S/C23H37N5O3.HI/c1-2-30-23(29)28-15-10-20(11-16-28)26-22(24)25-12-9-19-5-7-21(8-6-19)31-18-17-27-13-3-4-14-27;/h5-8,20H,2-4,9-18H2,1H3,(H3,24,25,26);1H. The molecule has 2 aliphatic heterocycles. The molecule has 3 rings (SSSR count). The van der Waals surface area contributed by atoms with Crippen molar-refractivity contribution in [1.82, 2.24) is 15.1 Å². The summed E-state index contributed by atoms with van der Waals surface area (Å²) in [5.74, 6) is 1.39. The van der Waals surface area contributed by atoms with E-state index >= 15 is 0 Å². The van der Waals surface area contributed by atoms with Gasteiger partial charge in [0, 0.05) is 32.2 Å². The number of nitrogens with one attached hydrogen (secondary N) is 1. The van der Waals surface area contributed by atoms with Gasteiger partial charge in [-0.1, -0.05) is 12.1 Å². The van der Waals surface area contributed by atoms with Crippen molar-refractivity contribution in [1.29, 1.82) is 0 Å². The van der Waals surface area contributed by atoms with Crippen molar-refractivity contribution in [2.24, 2.45) is 10.7 Å². The number of halogens is 1. The summed E-state index contributed by atoms with van der Waals surface area (Å²) >= 11 is 0. The van der Waals surface area contributed by atoms with E-state index in [2.05, 4.69) is 27.3 Å². The molecule has 0 unspecified atom stereocenters. The lowest BCUT2D eigenvalue weighted by molar-refractivity contribution is 0.0963. The fraction of sp³-hybridized carbons (Fsp3) is 0.652. The Hall–Kier alpha value is -1.75. The number of benzene rings is 1. The Kier molecular flexibility index (Phi) is 11.9. The summed E-state index contributed by atoms with van der Waals surface area (Å²) in [5, 5.41) is 3.28. The maximum Gasteiger partial charge on any atom is 0.409 e. The van der Waals surface area contributed by atoms with E-state index < -0.39 is 0 Å². The number of hydrogen-bond donors (Lipinski definition) is 2. The third kappa shape index (κ3) is 9.01. The van der Waals surface area contributed by atoms with E-state index in [0.29, 0.717) is 32.2 Å². The van der Waals surface area contributed by atoms with Crippen LogP contribution in [-0.2, 0) is 11.2 Å². The quantitative estimate of drug-likeness (QED) is 0.275. The molecular formula is C23H38IN5O3. The molecule has 9 heteroatoms. The highest BCUT2D eigenvalue weighted by Crippen LogP contribution is 2.14. The molecule has 0 saturated carbocycles. The molecule has 0 aromatic heterocycles. The van der Waals surface area contributed by atoms with Crippen LogP contribution >= 0.6 is 24.0 Å². The first-order valence-electron chi connectivity index (χ1n) is 11.6. The minimum absolute atomic E-state index is 0. The SMILES string of the molecule is CCOC(=O)N1CCC(NC(N)=NCCc2ccc(OCCN3CCCC3)cc2)CC1.I. The maximum atomic E-state index is 11.8. The number of likely N-dealkylation sites (tertiary alicyclic amines) is 2. The molecule has 2 aliphatic rings. The fourth-order valence-electron chi connectivity index (χ4n) is 4.03. The molecule has 8 nitrogen and oxygen atoms in total. The van der Waals surface area contributed by atoms with Crippen LogP contribution in [0.1, 0.15) is 38.2 Å². The van der Waals surface area contributed by atoms with Crippen LogP contribution in [0.3, 0.4) is 0 Å². The van der Waals surface area contributed by atoms with E-state index in [1.165, 1.54) is 31.5 Å². The minimum Gasteiger partial charge on any atom is -0.492 e. The van der Waals surface area contributed by atoms with Crippen LogP contribution < -0.4 is 15.8 Å². The van der Waals surface area contributed by atoms with Crippen molar-refractivity contribution in [3.05, 3.63) is 29.8 Å². The number of rotatable bonds is 9. The lowest BCUT2D eigenvalue weighted by Gasteiger charge is -2.31. The number of nitrogens with zero attached hydrogens (tertiary/aromatic N) is 3. The van der Waals surface area contributed by atoms with Crippen LogP contribution in [0.5, 0.6) is 5.75 Å². The summed E-state index contributed by atoms with van der Waals surface area (Å²) in [4.78, 5) is 20.4. The van der Waals surface area contributed by atoms with Gasteiger partial charge >= 0.3 is 6.09 Å². The summed E-state index contributed by atoms with van der Waals surface area (Å²) in [6, 6.07) is 8.49. The van der Waals surface area contributed by atoms with Crippen LogP contribution in [0.4, 0.5) is 4.79 Å². The van der Waals surface area contributed by atoms with Gasteiger partial charge in [-0.05, 0) is 69.8 Å². The third-order valence-corrected chi connectivity index (χ3v) is 5.85. The number of hydrogen-bond acceptors (Lipinski definition) is 5. The zero-order valence-corrected chi connectivity index (χ0v) is 21.5. The molecule has 0 spiro atoms. The molecule has 180 valence electrons. The summed E-state index contributed by atoms with van der Waals surface area (Å²) in [6.07, 6.45) is 4.91. The molecule has 1 aromatic rings. The maximum absolute atomic E-state index is 11.8. The van der Waals surface area contributed by atoms with Gasteiger partial charge in [0.25, 0.3) is 0 Å². The van der Waals surface area contributed by atoms with Crippen LogP contribution in [0.15, 0.2) is 29.3 Å². The molecule has 0 bridgehead atoms. The number of carbonyl (C=O) groups excluding carboxylic acids is 1. The minimum atomic E-state index is -0.231. The van der Waals surface area contributed by atoms with Crippen molar-refractivity contribution in [2.45, 2.75) is 45.1 Å². The molecule has 3 N–H and O–H groups in total. The molecule has 2 fully saturated rings. The second kappa shape index (κ2) is 14.4. The van der Waals surface area contributed by atoms with E-state index in [-0.39, 0.29) is 36.1 Å². The Morgan fingerprint density at radius 1 is 1.16 bits per heavy atom. The van der Waals surface area contributed by atoms with Gasteiger partial charge in [-0.2, -0.15) is 0 Å². The first-order chi connectivity index (χ1) is 15.1. The molecule has 2 saturated heterocycles. The lowest BCUT2D eigenvalue weighted by atomic mass is 10.1. The molecule has 0 radical (unpaired) electrons. The normalized spacial score (nSPS) is 17.7. The monoisotopic (exact) mass is 559 g/mol. The van der Waals surface area contributed by atoms with Gasteiger partial charge in [-0.25, -0.2) is 4.79 Å². The fourth-order valence-corrected chi connectivity index (χ4v) is 4.03. The Labute approximate surface area is 208 Å². The van der Waals surface area contributed by atoms with E-state index in [1.54, 1.807) is 4.90 Å². The molecule has 2 heterocycles. The van der Waals surface area contributed by atoms with Gasteiger partial charge in [0.1, 0.15) is 12.4 Å². The van der Waals surface area contributed by atoms with Crippen molar-refractivity contribution >= 4 is 36.0 Å². The number of amides is 1. The second-order valence-corrected chi connectivity index (χ2v) is 8.16. The largest absolute Gasteiger partial charge is 0.492 e. The van der Waals surface area contributed by atoms with E-state index in [0.717, 1.165) is 38.2 Å². The Morgan fingerprint density at radius 3 is 2.50 bits per heavy atom.